The van der Waals surface area contributed by atoms with Crippen LogP contribution in [-0.2, 0) is 11.2 Å². The Hall–Kier alpha value is -0.890. The quantitative estimate of drug-likeness (QED) is 0.704. The zero-order chi connectivity index (χ0) is 11.1. The fraction of sp³-hybridized carbons (Fsp3) is 0.462. The van der Waals surface area contributed by atoms with Gasteiger partial charge in [-0.25, -0.2) is 0 Å². The highest BCUT2D eigenvalue weighted by Crippen LogP contribution is 2.05. The Morgan fingerprint density at radius 3 is 2.53 bits per heavy atom. The molecule has 0 bridgehead atoms. The molecule has 0 aliphatic carbocycles. The van der Waals surface area contributed by atoms with E-state index in [0.29, 0.717) is 5.92 Å². The molecule has 15 heavy (non-hydrogen) atoms. The number of thiocarbonyl (C=S) groups is 1. The molecule has 0 fully saturated rings. The Morgan fingerprint density at radius 2 is 1.93 bits per heavy atom. The van der Waals surface area contributed by atoms with Gasteiger partial charge >= 0.3 is 0 Å². The van der Waals surface area contributed by atoms with E-state index in [1.807, 2.05) is 18.2 Å². The fourth-order valence-electron chi connectivity index (χ4n) is 1.22. The van der Waals surface area contributed by atoms with Crippen LogP contribution in [0.5, 0.6) is 0 Å². The van der Waals surface area contributed by atoms with E-state index < -0.39 is 0 Å². The third-order valence-corrected chi connectivity index (χ3v) is 2.36. The van der Waals surface area contributed by atoms with Crippen molar-refractivity contribution in [2.75, 3.05) is 6.61 Å². The summed E-state index contributed by atoms with van der Waals surface area (Å²) >= 11 is 5.15. The number of rotatable bonds is 5. The highest BCUT2D eigenvalue weighted by Gasteiger charge is 2.00. The van der Waals surface area contributed by atoms with Crippen molar-refractivity contribution in [1.82, 2.24) is 0 Å². The van der Waals surface area contributed by atoms with Crippen LogP contribution in [0.3, 0.4) is 0 Å². The number of hydrogen-bond acceptors (Lipinski definition) is 2. The summed E-state index contributed by atoms with van der Waals surface area (Å²) in [5.41, 5.74) is 1.31. The topological polar surface area (TPSA) is 9.23 Å². The lowest BCUT2D eigenvalue weighted by Crippen LogP contribution is -2.08. The van der Waals surface area contributed by atoms with Crippen molar-refractivity contribution in [3.8, 4) is 0 Å². The van der Waals surface area contributed by atoms with E-state index in [9.17, 15) is 0 Å². The maximum Gasteiger partial charge on any atom is 0.160 e. The predicted octanol–water partition coefficient (Wildman–Crippen LogP) is 3.62. The van der Waals surface area contributed by atoms with Crippen LogP contribution < -0.4 is 0 Å². The normalized spacial score (nSPS) is 10.3. The summed E-state index contributed by atoms with van der Waals surface area (Å²) in [6, 6.07) is 10.4. The molecule has 1 rings (SSSR count). The lowest BCUT2D eigenvalue weighted by molar-refractivity contribution is 0.259. The lowest BCUT2D eigenvalue weighted by Gasteiger charge is -2.09. The Bertz CT molecular complexity index is 293. The third-order valence-electron chi connectivity index (χ3n) is 2.04. The minimum Gasteiger partial charge on any atom is -0.487 e. The Kier molecular flexibility index (Phi) is 5.33. The number of benzene rings is 1. The molecule has 0 saturated carbocycles. The van der Waals surface area contributed by atoms with Crippen molar-refractivity contribution in [3.05, 3.63) is 35.9 Å². The molecular weight excluding hydrogens is 204 g/mol. The van der Waals surface area contributed by atoms with Crippen LogP contribution in [0, 0.1) is 5.92 Å². The van der Waals surface area contributed by atoms with Crippen molar-refractivity contribution in [1.29, 1.82) is 0 Å². The van der Waals surface area contributed by atoms with Gasteiger partial charge in [-0.2, -0.15) is 0 Å². The Morgan fingerprint density at radius 1 is 1.27 bits per heavy atom. The minimum absolute atomic E-state index is 0.541. The first-order chi connectivity index (χ1) is 7.18. The summed E-state index contributed by atoms with van der Waals surface area (Å²) in [7, 11) is 0. The van der Waals surface area contributed by atoms with E-state index in [1.165, 1.54) is 5.56 Å². The first-order valence-corrected chi connectivity index (χ1v) is 5.79. The summed E-state index contributed by atoms with van der Waals surface area (Å²) in [4.78, 5) is 0. The first kappa shape index (κ1) is 12.2. The zero-order valence-corrected chi connectivity index (χ0v) is 10.2. The van der Waals surface area contributed by atoms with Gasteiger partial charge in [-0.05, 0) is 30.1 Å². The van der Waals surface area contributed by atoms with Crippen LogP contribution in [0.15, 0.2) is 30.3 Å². The van der Waals surface area contributed by atoms with Gasteiger partial charge in [-0.15, -0.1) is 0 Å². The van der Waals surface area contributed by atoms with Gasteiger partial charge in [0, 0.05) is 6.42 Å². The summed E-state index contributed by atoms with van der Waals surface area (Å²) in [5, 5.41) is 0.729. The molecule has 1 nitrogen and oxygen atoms in total. The molecule has 0 heterocycles. The molecule has 0 N–H and O–H groups in total. The van der Waals surface area contributed by atoms with Crippen molar-refractivity contribution in [2.45, 2.75) is 26.7 Å². The molecule has 1 aromatic carbocycles. The molecule has 1 aromatic rings. The van der Waals surface area contributed by atoms with Crippen LogP contribution in [-0.4, -0.2) is 11.7 Å². The fourth-order valence-corrected chi connectivity index (χ4v) is 1.39. The van der Waals surface area contributed by atoms with Crippen LogP contribution in [0.4, 0.5) is 0 Å². The van der Waals surface area contributed by atoms with Crippen LogP contribution in [0.1, 0.15) is 25.8 Å². The van der Waals surface area contributed by atoms with Gasteiger partial charge in [0.2, 0.25) is 0 Å². The monoisotopic (exact) mass is 222 g/mol. The molecule has 2 heteroatoms. The molecule has 0 aliphatic heterocycles. The van der Waals surface area contributed by atoms with Gasteiger partial charge in [0.25, 0.3) is 0 Å². The van der Waals surface area contributed by atoms with Gasteiger partial charge in [0.15, 0.2) is 5.05 Å². The summed E-state index contributed by atoms with van der Waals surface area (Å²) in [6.07, 6.45) is 1.81. The highest BCUT2D eigenvalue weighted by atomic mass is 32.1. The molecular formula is C13H18OS. The maximum absolute atomic E-state index is 5.46. The number of aryl methyl sites for hydroxylation is 1. The first-order valence-electron chi connectivity index (χ1n) is 5.38. The van der Waals surface area contributed by atoms with Gasteiger partial charge < -0.3 is 4.74 Å². The predicted molar refractivity (Wildman–Crippen MR) is 68.2 cm³/mol. The van der Waals surface area contributed by atoms with Crippen LogP contribution in [0.2, 0.25) is 0 Å². The highest BCUT2D eigenvalue weighted by molar-refractivity contribution is 7.80. The summed E-state index contributed by atoms with van der Waals surface area (Å²) < 4.78 is 5.46. The molecule has 0 saturated heterocycles. The molecule has 0 unspecified atom stereocenters. The second-order valence-electron chi connectivity index (χ2n) is 4.06. The van der Waals surface area contributed by atoms with E-state index in [2.05, 4.69) is 26.0 Å². The average molecular weight is 222 g/mol. The maximum atomic E-state index is 5.46. The van der Waals surface area contributed by atoms with E-state index in [1.54, 1.807) is 0 Å². The van der Waals surface area contributed by atoms with Crippen LogP contribution >= 0.6 is 12.2 Å². The van der Waals surface area contributed by atoms with E-state index in [4.69, 9.17) is 17.0 Å². The van der Waals surface area contributed by atoms with Gasteiger partial charge in [-0.1, -0.05) is 44.2 Å². The molecule has 0 amide bonds. The molecule has 0 aromatic heterocycles. The second-order valence-corrected chi connectivity index (χ2v) is 4.52. The van der Waals surface area contributed by atoms with E-state index >= 15 is 0 Å². The van der Waals surface area contributed by atoms with Crippen molar-refractivity contribution >= 4 is 17.3 Å². The summed E-state index contributed by atoms with van der Waals surface area (Å²) in [5.74, 6) is 0.541. The Balaban J connectivity index is 2.23. The van der Waals surface area contributed by atoms with Gasteiger partial charge in [0.1, 0.15) is 0 Å². The van der Waals surface area contributed by atoms with Gasteiger partial charge in [-0.3, -0.25) is 0 Å². The second kappa shape index (κ2) is 6.57. The zero-order valence-electron chi connectivity index (χ0n) is 9.40. The molecule has 0 atom stereocenters. The number of hydrogen-bond donors (Lipinski definition) is 0. The Labute approximate surface area is 97.5 Å². The largest absolute Gasteiger partial charge is 0.487 e. The van der Waals surface area contributed by atoms with Crippen LogP contribution in [0.25, 0.3) is 0 Å². The molecule has 0 spiro atoms. The number of ether oxygens (including phenoxy) is 1. The van der Waals surface area contributed by atoms with Crippen molar-refractivity contribution in [3.63, 3.8) is 0 Å². The summed E-state index contributed by atoms with van der Waals surface area (Å²) in [6.45, 7) is 4.98. The van der Waals surface area contributed by atoms with E-state index in [-0.39, 0.29) is 0 Å². The van der Waals surface area contributed by atoms with E-state index in [0.717, 1.165) is 24.5 Å². The molecule has 0 aliphatic rings. The standard InChI is InChI=1S/C13H18OS/c1-11(2)10-14-13(15)9-8-12-6-4-3-5-7-12/h3-7,11H,8-10H2,1-2H3. The lowest BCUT2D eigenvalue weighted by atomic mass is 10.1. The van der Waals surface area contributed by atoms with Crippen molar-refractivity contribution in [2.24, 2.45) is 5.92 Å². The smallest absolute Gasteiger partial charge is 0.160 e. The molecule has 0 radical (unpaired) electrons. The molecule has 82 valence electrons. The van der Waals surface area contributed by atoms with Gasteiger partial charge in [0.05, 0.1) is 6.61 Å². The SMILES string of the molecule is CC(C)COC(=S)CCc1ccccc1. The van der Waals surface area contributed by atoms with Crippen molar-refractivity contribution < 1.29 is 4.74 Å². The third kappa shape index (κ3) is 5.53. The average Bonchev–Trinajstić information content (AvgIpc) is 2.25. The minimum atomic E-state index is 0.541.